The topological polar surface area (TPSA) is 77.0 Å². The third-order valence-electron chi connectivity index (χ3n) is 2.73. The Balaban J connectivity index is 1.51. The van der Waals surface area contributed by atoms with E-state index in [1.54, 1.807) is 12.1 Å². The van der Waals surface area contributed by atoms with Gasteiger partial charge in [0.2, 0.25) is 5.91 Å². The first-order chi connectivity index (χ1) is 11.3. The van der Waals surface area contributed by atoms with Crippen molar-refractivity contribution in [1.82, 2.24) is 14.8 Å². The summed E-state index contributed by atoms with van der Waals surface area (Å²) in [6.07, 6.45) is 0. The Morgan fingerprint density at radius 2 is 1.83 bits per heavy atom. The number of aromatic nitrogens is 3. The molecule has 0 bridgehead atoms. The average molecular weight is 344 g/mol. The van der Waals surface area contributed by atoms with E-state index in [-0.39, 0.29) is 11.7 Å². The summed E-state index contributed by atoms with van der Waals surface area (Å²) in [4.78, 5) is 11.9. The molecular weight excluding hydrogens is 332 g/mol. The predicted molar refractivity (Wildman–Crippen MR) is 90.0 cm³/mol. The van der Waals surface area contributed by atoms with E-state index in [1.807, 2.05) is 42.5 Å². The van der Waals surface area contributed by atoms with E-state index in [2.05, 4.69) is 20.1 Å². The van der Waals surface area contributed by atoms with Crippen LogP contribution in [0.25, 0.3) is 0 Å². The van der Waals surface area contributed by atoms with Crippen LogP contribution in [0.2, 0.25) is 0 Å². The Labute approximate surface area is 141 Å². The summed E-state index contributed by atoms with van der Waals surface area (Å²) in [5, 5.41) is 10.1. The number of para-hydroxylation sites is 1. The fourth-order valence-electron chi connectivity index (χ4n) is 1.74. The number of nitrogens with one attached hydrogen (secondary N) is 1. The summed E-state index contributed by atoms with van der Waals surface area (Å²) in [6, 6.07) is 16.7. The zero-order valence-corrected chi connectivity index (χ0v) is 13.5. The van der Waals surface area contributed by atoms with Crippen LogP contribution in [-0.4, -0.2) is 26.5 Å². The van der Waals surface area contributed by atoms with Crippen LogP contribution in [-0.2, 0) is 4.79 Å². The molecular formula is C15H12N4O2S2. The Morgan fingerprint density at radius 1 is 1.09 bits per heavy atom. The van der Waals surface area contributed by atoms with Gasteiger partial charge >= 0.3 is 0 Å². The molecule has 0 radical (unpaired) electrons. The molecule has 1 heterocycles. The van der Waals surface area contributed by atoms with Crippen molar-refractivity contribution < 1.29 is 9.53 Å². The SMILES string of the molecule is O=C(CSc1nnns1)Nc1ccc(Oc2ccccc2)cc1. The number of nitrogens with zero attached hydrogens (tertiary/aromatic N) is 3. The van der Waals surface area contributed by atoms with Crippen LogP contribution >= 0.6 is 23.3 Å². The lowest BCUT2D eigenvalue weighted by Gasteiger charge is -2.07. The first-order valence-electron chi connectivity index (χ1n) is 6.70. The first kappa shape index (κ1) is 15.4. The van der Waals surface area contributed by atoms with Crippen molar-refractivity contribution in [3.63, 3.8) is 0 Å². The van der Waals surface area contributed by atoms with Crippen molar-refractivity contribution in [2.45, 2.75) is 4.34 Å². The van der Waals surface area contributed by atoms with Crippen LogP contribution in [0.5, 0.6) is 11.5 Å². The number of benzene rings is 2. The maximum Gasteiger partial charge on any atom is 0.234 e. The van der Waals surface area contributed by atoms with Gasteiger partial charge in [-0.15, -0.1) is 5.10 Å². The van der Waals surface area contributed by atoms with Gasteiger partial charge in [-0.25, -0.2) is 0 Å². The van der Waals surface area contributed by atoms with Crippen molar-refractivity contribution in [2.75, 3.05) is 11.1 Å². The highest BCUT2D eigenvalue weighted by Crippen LogP contribution is 2.23. The minimum atomic E-state index is -0.109. The Kier molecular flexibility index (Phi) is 5.17. The van der Waals surface area contributed by atoms with Gasteiger partial charge in [-0.3, -0.25) is 4.79 Å². The van der Waals surface area contributed by atoms with Gasteiger partial charge in [-0.2, -0.15) is 0 Å². The molecule has 6 nitrogen and oxygen atoms in total. The number of hydrogen-bond acceptors (Lipinski definition) is 7. The minimum Gasteiger partial charge on any atom is -0.457 e. The molecule has 116 valence electrons. The number of ether oxygens (including phenoxy) is 1. The van der Waals surface area contributed by atoms with Gasteiger partial charge in [0, 0.05) is 17.2 Å². The third kappa shape index (κ3) is 4.76. The Bertz CT molecular complexity index is 749. The molecule has 0 saturated heterocycles. The van der Waals surface area contributed by atoms with E-state index in [0.717, 1.165) is 5.75 Å². The summed E-state index contributed by atoms with van der Waals surface area (Å²) in [7, 11) is 0. The highest BCUT2D eigenvalue weighted by molar-refractivity contribution is 8.01. The van der Waals surface area contributed by atoms with Crippen LogP contribution in [0.1, 0.15) is 0 Å². The predicted octanol–water partition coefficient (Wildman–Crippen LogP) is 3.46. The van der Waals surface area contributed by atoms with E-state index in [4.69, 9.17) is 4.74 Å². The van der Waals surface area contributed by atoms with Crippen molar-refractivity contribution in [3.05, 3.63) is 54.6 Å². The largest absolute Gasteiger partial charge is 0.457 e. The zero-order chi connectivity index (χ0) is 15.9. The van der Waals surface area contributed by atoms with Gasteiger partial charge in [-0.05, 0) is 41.6 Å². The normalized spacial score (nSPS) is 10.3. The number of thioether (sulfide) groups is 1. The molecule has 0 fully saturated rings. The maximum absolute atomic E-state index is 11.9. The van der Waals surface area contributed by atoms with E-state index in [9.17, 15) is 4.79 Å². The summed E-state index contributed by atoms with van der Waals surface area (Å²) >= 11 is 2.47. The number of hydrogen-bond donors (Lipinski definition) is 1. The van der Waals surface area contributed by atoms with Gasteiger partial charge in [0.1, 0.15) is 11.5 Å². The molecule has 0 aliphatic carbocycles. The maximum atomic E-state index is 11.9. The molecule has 3 rings (SSSR count). The lowest BCUT2D eigenvalue weighted by molar-refractivity contribution is -0.113. The lowest BCUT2D eigenvalue weighted by atomic mass is 10.3. The average Bonchev–Trinajstić information content (AvgIpc) is 3.09. The fraction of sp³-hybridized carbons (Fsp3) is 0.0667. The number of carbonyl (C=O) groups excluding carboxylic acids is 1. The minimum absolute atomic E-state index is 0.109. The van der Waals surface area contributed by atoms with Gasteiger partial charge in [-0.1, -0.05) is 34.4 Å². The lowest BCUT2D eigenvalue weighted by Crippen LogP contribution is -2.13. The molecule has 23 heavy (non-hydrogen) atoms. The van der Waals surface area contributed by atoms with Crippen molar-refractivity contribution in [3.8, 4) is 11.5 Å². The Morgan fingerprint density at radius 3 is 2.52 bits per heavy atom. The van der Waals surface area contributed by atoms with Crippen molar-refractivity contribution in [2.24, 2.45) is 0 Å². The molecule has 0 saturated carbocycles. The number of anilines is 1. The summed E-state index contributed by atoms with van der Waals surface area (Å²) in [6.45, 7) is 0. The number of rotatable bonds is 6. The smallest absolute Gasteiger partial charge is 0.234 e. The van der Waals surface area contributed by atoms with Crippen LogP contribution < -0.4 is 10.1 Å². The molecule has 0 aliphatic rings. The monoisotopic (exact) mass is 344 g/mol. The van der Waals surface area contributed by atoms with Crippen LogP contribution in [0.3, 0.4) is 0 Å². The van der Waals surface area contributed by atoms with Crippen LogP contribution in [0, 0.1) is 0 Å². The Hall–Kier alpha value is -2.45. The van der Waals surface area contributed by atoms with Gasteiger partial charge in [0.05, 0.1) is 5.75 Å². The molecule has 0 atom stereocenters. The third-order valence-corrected chi connectivity index (χ3v) is 4.43. The summed E-state index contributed by atoms with van der Waals surface area (Å²) < 4.78 is 10.0. The molecule has 0 aliphatic heterocycles. The van der Waals surface area contributed by atoms with Crippen LogP contribution in [0.4, 0.5) is 5.69 Å². The quantitative estimate of drug-likeness (QED) is 0.690. The second-order valence-corrected chi connectivity index (χ2v) is 6.36. The second-order valence-electron chi connectivity index (χ2n) is 4.40. The molecule has 1 N–H and O–H groups in total. The fourth-order valence-corrected chi connectivity index (χ4v) is 2.86. The molecule has 3 aromatic rings. The van der Waals surface area contributed by atoms with Gasteiger partial charge in [0.15, 0.2) is 4.34 Å². The second kappa shape index (κ2) is 7.70. The first-order valence-corrected chi connectivity index (χ1v) is 8.46. The summed E-state index contributed by atoms with van der Waals surface area (Å²) in [5.41, 5.74) is 0.714. The molecule has 0 unspecified atom stereocenters. The van der Waals surface area contributed by atoms with E-state index in [0.29, 0.717) is 15.8 Å². The number of amides is 1. The van der Waals surface area contributed by atoms with E-state index < -0.39 is 0 Å². The van der Waals surface area contributed by atoms with Gasteiger partial charge < -0.3 is 10.1 Å². The molecule has 2 aromatic carbocycles. The van der Waals surface area contributed by atoms with Crippen LogP contribution in [0.15, 0.2) is 58.9 Å². The number of carbonyl (C=O) groups is 1. The van der Waals surface area contributed by atoms with Crippen molar-refractivity contribution in [1.29, 1.82) is 0 Å². The van der Waals surface area contributed by atoms with E-state index in [1.165, 1.54) is 23.3 Å². The highest BCUT2D eigenvalue weighted by atomic mass is 32.2. The molecule has 0 spiro atoms. The highest BCUT2D eigenvalue weighted by Gasteiger charge is 2.06. The van der Waals surface area contributed by atoms with E-state index >= 15 is 0 Å². The molecule has 1 amide bonds. The standard InChI is InChI=1S/C15H12N4O2S2/c20-14(10-22-15-17-18-19-23-15)16-11-6-8-13(9-7-11)21-12-4-2-1-3-5-12/h1-9H,10H2,(H,16,20). The zero-order valence-electron chi connectivity index (χ0n) is 11.9. The van der Waals surface area contributed by atoms with Gasteiger partial charge in [0.25, 0.3) is 0 Å². The van der Waals surface area contributed by atoms with Crippen molar-refractivity contribution >= 4 is 34.9 Å². The molecule has 8 heteroatoms. The summed E-state index contributed by atoms with van der Waals surface area (Å²) in [5.74, 6) is 1.64. The molecule has 1 aromatic heterocycles.